The second kappa shape index (κ2) is 5.85. The first-order chi connectivity index (χ1) is 8.20. The molecule has 1 aliphatic carbocycles. The van der Waals surface area contributed by atoms with Crippen molar-refractivity contribution in [3.63, 3.8) is 0 Å². The Morgan fingerprint density at radius 1 is 1.41 bits per heavy atom. The SMILES string of the molecule is CCC1CCCC1NC(C)CN1CCCC1=O. The average molecular weight is 238 g/mol. The molecule has 3 heteroatoms. The molecule has 98 valence electrons. The van der Waals surface area contributed by atoms with Crippen molar-refractivity contribution in [3.8, 4) is 0 Å². The summed E-state index contributed by atoms with van der Waals surface area (Å²) in [5, 5.41) is 3.73. The van der Waals surface area contributed by atoms with E-state index in [-0.39, 0.29) is 0 Å². The number of hydrogen-bond donors (Lipinski definition) is 1. The Morgan fingerprint density at radius 3 is 2.88 bits per heavy atom. The Balaban J connectivity index is 1.76. The number of hydrogen-bond acceptors (Lipinski definition) is 2. The molecule has 0 radical (unpaired) electrons. The van der Waals surface area contributed by atoms with Crippen LogP contribution in [0.25, 0.3) is 0 Å². The van der Waals surface area contributed by atoms with Crippen molar-refractivity contribution < 1.29 is 4.79 Å². The van der Waals surface area contributed by atoms with E-state index in [2.05, 4.69) is 19.2 Å². The summed E-state index contributed by atoms with van der Waals surface area (Å²) in [6.07, 6.45) is 7.15. The van der Waals surface area contributed by atoms with Gasteiger partial charge >= 0.3 is 0 Å². The predicted octanol–water partition coefficient (Wildman–Crippen LogP) is 2.17. The van der Waals surface area contributed by atoms with Gasteiger partial charge in [0.25, 0.3) is 0 Å². The van der Waals surface area contributed by atoms with Crippen molar-refractivity contribution in [1.82, 2.24) is 10.2 Å². The smallest absolute Gasteiger partial charge is 0.222 e. The Hall–Kier alpha value is -0.570. The molecule has 0 aromatic carbocycles. The van der Waals surface area contributed by atoms with Crippen LogP contribution in [0.2, 0.25) is 0 Å². The van der Waals surface area contributed by atoms with Crippen molar-refractivity contribution in [2.24, 2.45) is 5.92 Å². The fraction of sp³-hybridized carbons (Fsp3) is 0.929. The van der Waals surface area contributed by atoms with E-state index >= 15 is 0 Å². The summed E-state index contributed by atoms with van der Waals surface area (Å²) in [6.45, 7) is 6.37. The van der Waals surface area contributed by atoms with Crippen molar-refractivity contribution in [1.29, 1.82) is 0 Å². The lowest BCUT2D eigenvalue weighted by Gasteiger charge is -2.27. The number of nitrogens with one attached hydrogen (secondary N) is 1. The third-order valence-corrected chi connectivity index (χ3v) is 4.35. The number of carbonyl (C=O) groups excluding carboxylic acids is 1. The largest absolute Gasteiger partial charge is 0.341 e. The van der Waals surface area contributed by atoms with Crippen LogP contribution < -0.4 is 5.32 Å². The minimum absolute atomic E-state index is 0.345. The first-order valence-electron chi connectivity index (χ1n) is 7.24. The van der Waals surface area contributed by atoms with Crippen LogP contribution in [-0.2, 0) is 4.79 Å². The molecule has 1 N–H and O–H groups in total. The van der Waals surface area contributed by atoms with Crippen molar-refractivity contribution in [2.75, 3.05) is 13.1 Å². The second-order valence-electron chi connectivity index (χ2n) is 5.72. The molecule has 2 rings (SSSR count). The third-order valence-electron chi connectivity index (χ3n) is 4.35. The van der Waals surface area contributed by atoms with Crippen LogP contribution in [0.1, 0.15) is 52.4 Å². The summed E-state index contributed by atoms with van der Waals surface area (Å²) in [5.41, 5.74) is 0. The first kappa shape index (κ1) is 12.9. The Morgan fingerprint density at radius 2 is 2.24 bits per heavy atom. The fourth-order valence-corrected chi connectivity index (χ4v) is 3.39. The van der Waals surface area contributed by atoms with E-state index in [0.717, 1.165) is 31.8 Å². The summed E-state index contributed by atoms with van der Waals surface area (Å²) < 4.78 is 0. The molecule has 3 nitrogen and oxygen atoms in total. The second-order valence-corrected chi connectivity index (χ2v) is 5.72. The highest BCUT2D eigenvalue weighted by Crippen LogP contribution is 2.28. The molecule has 0 spiro atoms. The molecule has 1 heterocycles. The number of likely N-dealkylation sites (tertiary alicyclic amines) is 1. The van der Waals surface area contributed by atoms with Gasteiger partial charge in [-0.05, 0) is 32.1 Å². The van der Waals surface area contributed by atoms with E-state index in [0.29, 0.717) is 18.0 Å². The van der Waals surface area contributed by atoms with E-state index in [9.17, 15) is 4.79 Å². The predicted molar refractivity (Wildman–Crippen MR) is 69.8 cm³/mol. The summed E-state index contributed by atoms with van der Waals surface area (Å²) in [7, 11) is 0. The Labute approximate surface area is 105 Å². The summed E-state index contributed by atoms with van der Waals surface area (Å²) in [5.74, 6) is 1.20. The lowest BCUT2D eigenvalue weighted by atomic mass is 10.00. The van der Waals surface area contributed by atoms with Gasteiger partial charge in [0, 0.05) is 31.6 Å². The highest BCUT2D eigenvalue weighted by molar-refractivity contribution is 5.78. The van der Waals surface area contributed by atoms with Crippen LogP contribution in [0.15, 0.2) is 0 Å². The van der Waals surface area contributed by atoms with Gasteiger partial charge in [0.2, 0.25) is 5.91 Å². The third kappa shape index (κ3) is 3.21. The number of carbonyl (C=O) groups is 1. The normalized spacial score (nSPS) is 31.2. The molecular formula is C14H26N2O. The maximum atomic E-state index is 11.6. The molecule has 1 aliphatic heterocycles. The molecular weight excluding hydrogens is 212 g/mol. The quantitative estimate of drug-likeness (QED) is 0.796. The minimum atomic E-state index is 0.345. The molecule has 1 amide bonds. The Bertz CT molecular complexity index is 267. The fourth-order valence-electron chi connectivity index (χ4n) is 3.39. The molecule has 1 saturated heterocycles. The van der Waals surface area contributed by atoms with E-state index < -0.39 is 0 Å². The Kier molecular flexibility index (Phi) is 4.43. The van der Waals surface area contributed by atoms with Gasteiger partial charge in [0.05, 0.1) is 0 Å². The van der Waals surface area contributed by atoms with E-state index in [1.807, 2.05) is 4.90 Å². The van der Waals surface area contributed by atoms with E-state index in [4.69, 9.17) is 0 Å². The zero-order chi connectivity index (χ0) is 12.3. The van der Waals surface area contributed by atoms with Gasteiger partial charge in [-0.25, -0.2) is 0 Å². The van der Waals surface area contributed by atoms with Crippen LogP contribution in [0, 0.1) is 5.92 Å². The maximum absolute atomic E-state index is 11.6. The van der Waals surface area contributed by atoms with E-state index in [1.54, 1.807) is 0 Å². The highest BCUT2D eigenvalue weighted by atomic mass is 16.2. The van der Waals surface area contributed by atoms with Crippen LogP contribution in [0.4, 0.5) is 0 Å². The zero-order valence-electron chi connectivity index (χ0n) is 11.2. The summed E-state index contributed by atoms with van der Waals surface area (Å²) in [4.78, 5) is 13.6. The van der Waals surface area contributed by atoms with Crippen LogP contribution in [0.5, 0.6) is 0 Å². The van der Waals surface area contributed by atoms with Crippen LogP contribution in [-0.4, -0.2) is 36.0 Å². The summed E-state index contributed by atoms with van der Waals surface area (Å²) in [6, 6.07) is 1.13. The molecule has 0 aromatic heterocycles. The minimum Gasteiger partial charge on any atom is -0.341 e. The highest BCUT2D eigenvalue weighted by Gasteiger charge is 2.28. The standard InChI is InChI=1S/C14H26N2O/c1-3-12-6-4-7-13(12)15-11(2)10-16-9-5-8-14(16)17/h11-13,15H,3-10H2,1-2H3. The van der Waals surface area contributed by atoms with Crippen molar-refractivity contribution in [2.45, 2.75) is 64.5 Å². The van der Waals surface area contributed by atoms with Crippen molar-refractivity contribution in [3.05, 3.63) is 0 Å². The van der Waals surface area contributed by atoms with Gasteiger partial charge < -0.3 is 10.2 Å². The summed E-state index contributed by atoms with van der Waals surface area (Å²) >= 11 is 0. The van der Waals surface area contributed by atoms with Gasteiger partial charge in [-0.1, -0.05) is 19.8 Å². The molecule has 1 saturated carbocycles. The number of amides is 1. The number of nitrogens with zero attached hydrogens (tertiary/aromatic N) is 1. The monoisotopic (exact) mass is 238 g/mol. The molecule has 0 bridgehead atoms. The first-order valence-corrected chi connectivity index (χ1v) is 7.24. The lowest BCUT2D eigenvalue weighted by molar-refractivity contribution is -0.128. The molecule has 2 fully saturated rings. The molecule has 3 atom stereocenters. The van der Waals surface area contributed by atoms with Gasteiger partial charge in [0.1, 0.15) is 0 Å². The van der Waals surface area contributed by atoms with Gasteiger partial charge in [-0.3, -0.25) is 4.79 Å². The van der Waals surface area contributed by atoms with Crippen LogP contribution in [0.3, 0.4) is 0 Å². The topological polar surface area (TPSA) is 32.3 Å². The van der Waals surface area contributed by atoms with Crippen LogP contribution >= 0.6 is 0 Å². The average Bonchev–Trinajstić information content (AvgIpc) is 2.89. The number of rotatable bonds is 5. The zero-order valence-corrected chi connectivity index (χ0v) is 11.2. The van der Waals surface area contributed by atoms with E-state index in [1.165, 1.54) is 25.7 Å². The lowest BCUT2D eigenvalue weighted by Crippen LogP contribution is -2.45. The molecule has 0 aromatic rings. The van der Waals surface area contributed by atoms with Crippen molar-refractivity contribution >= 4 is 5.91 Å². The molecule has 2 aliphatic rings. The van der Waals surface area contributed by atoms with Gasteiger partial charge in [-0.15, -0.1) is 0 Å². The van der Waals surface area contributed by atoms with Gasteiger partial charge in [0.15, 0.2) is 0 Å². The molecule has 3 unspecified atom stereocenters. The van der Waals surface area contributed by atoms with Gasteiger partial charge in [-0.2, -0.15) is 0 Å². The molecule has 17 heavy (non-hydrogen) atoms. The maximum Gasteiger partial charge on any atom is 0.222 e.